The number of halogens is 1. The first-order valence-electron chi connectivity index (χ1n) is 4.31. The molecule has 0 aliphatic heterocycles. The van der Waals surface area contributed by atoms with Crippen molar-refractivity contribution in [3.63, 3.8) is 0 Å². The fourth-order valence-corrected chi connectivity index (χ4v) is 1.08. The van der Waals surface area contributed by atoms with Crippen molar-refractivity contribution >= 4 is 17.6 Å². The largest absolute Gasteiger partial charge is 0.506 e. The molecule has 0 bridgehead atoms. The summed E-state index contributed by atoms with van der Waals surface area (Å²) in [6.07, 6.45) is 0. The van der Waals surface area contributed by atoms with Crippen LogP contribution >= 0.6 is 11.6 Å². The van der Waals surface area contributed by atoms with E-state index in [2.05, 4.69) is 16.6 Å². The lowest BCUT2D eigenvalue weighted by molar-refractivity contribution is -0.136. The normalized spacial score (nSPS) is 8.93. The Balaban J connectivity index is 2.89. The summed E-state index contributed by atoms with van der Waals surface area (Å²) in [5, 5.41) is 9.39. The number of rotatable bonds is 1. The van der Waals surface area contributed by atoms with Crippen molar-refractivity contribution in [1.82, 2.24) is 0 Å². The van der Waals surface area contributed by atoms with Crippen LogP contribution in [0.3, 0.4) is 0 Å². The molecule has 1 aromatic carbocycles. The predicted molar refractivity (Wildman–Crippen MR) is 56.6 cm³/mol. The minimum absolute atomic E-state index is 0.0627. The van der Waals surface area contributed by atoms with E-state index >= 15 is 0 Å². The van der Waals surface area contributed by atoms with Gasteiger partial charge in [0.2, 0.25) is 0 Å². The standard InChI is InChI=1S/C11H9ClO3/c1-2-15-10(14)7-6-8-4-3-5-9(13)11(8)12/h3-5,13H,2H2,1H3. The Kier molecular flexibility index (Phi) is 4.02. The number of carbonyl (C=O) groups is 1. The van der Waals surface area contributed by atoms with Crippen LogP contribution < -0.4 is 0 Å². The summed E-state index contributed by atoms with van der Waals surface area (Å²) in [4.78, 5) is 10.9. The predicted octanol–water partition coefficient (Wildman–Crippen LogP) is 1.96. The smallest absolute Gasteiger partial charge is 0.384 e. The number of aromatic hydroxyl groups is 1. The molecule has 0 amide bonds. The van der Waals surface area contributed by atoms with Gasteiger partial charge in [-0.2, -0.15) is 0 Å². The Bertz CT molecular complexity index is 429. The third-order valence-electron chi connectivity index (χ3n) is 1.55. The van der Waals surface area contributed by atoms with Gasteiger partial charge < -0.3 is 9.84 Å². The van der Waals surface area contributed by atoms with Crippen molar-refractivity contribution in [2.75, 3.05) is 6.61 Å². The molecule has 0 fully saturated rings. The first-order chi connectivity index (χ1) is 7.15. The number of carbonyl (C=O) groups excluding carboxylic acids is 1. The summed E-state index contributed by atoms with van der Waals surface area (Å²) >= 11 is 5.75. The van der Waals surface area contributed by atoms with E-state index in [1.165, 1.54) is 6.07 Å². The molecule has 0 saturated carbocycles. The Morgan fingerprint density at radius 1 is 1.60 bits per heavy atom. The number of phenolic OH excluding ortho intramolecular Hbond substituents is 1. The summed E-state index contributed by atoms with van der Waals surface area (Å²) in [7, 11) is 0. The molecular weight excluding hydrogens is 216 g/mol. The van der Waals surface area contributed by atoms with Crippen LogP contribution in [0.25, 0.3) is 0 Å². The molecule has 0 saturated heterocycles. The van der Waals surface area contributed by atoms with Gasteiger partial charge in [0.1, 0.15) is 5.75 Å². The number of ether oxygens (including phenoxy) is 1. The molecule has 0 radical (unpaired) electrons. The Morgan fingerprint density at radius 3 is 3.00 bits per heavy atom. The van der Waals surface area contributed by atoms with Crippen LogP contribution in [-0.2, 0) is 9.53 Å². The lowest BCUT2D eigenvalue weighted by Crippen LogP contribution is -1.99. The first-order valence-corrected chi connectivity index (χ1v) is 4.69. The summed E-state index contributed by atoms with van der Waals surface area (Å²) in [6, 6.07) is 4.64. The third-order valence-corrected chi connectivity index (χ3v) is 1.95. The lowest BCUT2D eigenvalue weighted by atomic mass is 10.2. The van der Waals surface area contributed by atoms with Crippen LogP contribution in [0.15, 0.2) is 18.2 Å². The number of benzene rings is 1. The van der Waals surface area contributed by atoms with Gasteiger partial charge in [0.05, 0.1) is 11.6 Å². The second-order valence-electron chi connectivity index (χ2n) is 2.61. The van der Waals surface area contributed by atoms with Crippen molar-refractivity contribution < 1.29 is 14.6 Å². The van der Waals surface area contributed by atoms with Gasteiger partial charge in [-0.25, -0.2) is 4.79 Å². The molecule has 1 N–H and O–H groups in total. The molecule has 0 aliphatic carbocycles. The molecule has 1 aromatic rings. The molecule has 0 spiro atoms. The van der Waals surface area contributed by atoms with Crippen molar-refractivity contribution in [1.29, 1.82) is 0 Å². The van der Waals surface area contributed by atoms with Crippen LogP contribution in [0.1, 0.15) is 12.5 Å². The van der Waals surface area contributed by atoms with Crippen LogP contribution in [0.5, 0.6) is 5.75 Å². The third kappa shape index (κ3) is 3.19. The molecule has 1 rings (SSSR count). The van der Waals surface area contributed by atoms with E-state index in [4.69, 9.17) is 11.6 Å². The number of phenols is 1. The molecule has 3 nitrogen and oxygen atoms in total. The topological polar surface area (TPSA) is 46.5 Å². The highest BCUT2D eigenvalue weighted by atomic mass is 35.5. The Labute approximate surface area is 92.6 Å². The lowest BCUT2D eigenvalue weighted by Gasteiger charge is -1.97. The van der Waals surface area contributed by atoms with E-state index in [9.17, 15) is 9.90 Å². The number of hydrogen-bond donors (Lipinski definition) is 1. The fourth-order valence-electron chi connectivity index (χ4n) is 0.902. The van der Waals surface area contributed by atoms with Crippen LogP contribution in [0.2, 0.25) is 5.02 Å². The van der Waals surface area contributed by atoms with Gasteiger partial charge in [0.25, 0.3) is 0 Å². The summed E-state index contributed by atoms with van der Waals surface area (Å²) in [6.45, 7) is 1.97. The van der Waals surface area contributed by atoms with Gasteiger partial charge in [-0.15, -0.1) is 0 Å². The fraction of sp³-hybridized carbons (Fsp3) is 0.182. The van der Waals surface area contributed by atoms with Crippen molar-refractivity contribution in [3.05, 3.63) is 28.8 Å². The van der Waals surface area contributed by atoms with Crippen molar-refractivity contribution in [2.45, 2.75) is 6.92 Å². The number of esters is 1. The van der Waals surface area contributed by atoms with Gasteiger partial charge in [0.15, 0.2) is 0 Å². The van der Waals surface area contributed by atoms with E-state index in [1.807, 2.05) is 0 Å². The maximum Gasteiger partial charge on any atom is 0.384 e. The average Bonchev–Trinajstić information content (AvgIpc) is 2.21. The Morgan fingerprint density at radius 2 is 2.33 bits per heavy atom. The Hall–Kier alpha value is -1.66. The molecule has 0 unspecified atom stereocenters. The first kappa shape index (κ1) is 11.4. The zero-order valence-electron chi connectivity index (χ0n) is 8.08. The minimum atomic E-state index is -0.614. The molecule has 0 atom stereocenters. The quantitative estimate of drug-likeness (QED) is 0.586. The van der Waals surface area contributed by atoms with Crippen molar-refractivity contribution in [2.24, 2.45) is 0 Å². The SMILES string of the molecule is CCOC(=O)C#Cc1cccc(O)c1Cl. The minimum Gasteiger partial charge on any atom is -0.506 e. The molecule has 0 aromatic heterocycles. The molecule has 0 heterocycles. The van der Waals surface area contributed by atoms with Crippen LogP contribution in [0, 0.1) is 11.8 Å². The van der Waals surface area contributed by atoms with E-state index in [1.54, 1.807) is 19.1 Å². The molecule has 0 aliphatic rings. The van der Waals surface area contributed by atoms with Gasteiger partial charge in [-0.1, -0.05) is 23.6 Å². The van der Waals surface area contributed by atoms with Gasteiger partial charge >= 0.3 is 5.97 Å². The van der Waals surface area contributed by atoms with Crippen LogP contribution in [0.4, 0.5) is 0 Å². The highest BCUT2D eigenvalue weighted by Gasteiger charge is 2.02. The monoisotopic (exact) mass is 224 g/mol. The molecular formula is C11H9ClO3. The van der Waals surface area contributed by atoms with Gasteiger partial charge in [0, 0.05) is 11.5 Å². The highest BCUT2D eigenvalue weighted by Crippen LogP contribution is 2.25. The van der Waals surface area contributed by atoms with E-state index < -0.39 is 5.97 Å². The van der Waals surface area contributed by atoms with Gasteiger partial charge in [-0.3, -0.25) is 0 Å². The molecule has 4 heteroatoms. The number of hydrogen-bond acceptors (Lipinski definition) is 3. The summed E-state index contributed by atoms with van der Waals surface area (Å²) in [5.41, 5.74) is 0.393. The van der Waals surface area contributed by atoms with Gasteiger partial charge in [-0.05, 0) is 19.1 Å². The van der Waals surface area contributed by atoms with E-state index in [-0.39, 0.29) is 17.4 Å². The molecule has 15 heavy (non-hydrogen) atoms. The van der Waals surface area contributed by atoms with E-state index in [0.717, 1.165) is 0 Å². The maximum atomic E-state index is 10.9. The second-order valence-corrected chi connectivity index (χ2v) is 2.99. The maximum absolute atomic E-state index is 10.9. The summed E-state index contributed by atoms with van der Waals surface area (Å²) in [5.74, 6) is 4.11. The highest BCUT2D eigenvalue weighted by molar-refractivity contribution is 6.33. The summed E-state index contributed by atoms with van der Waals surface area (Å²) < 4.78 is 4.62. The van der Waals surface area contributed by atoms with Crippen LogP contribution in [-0.4, -0.2) is 17.7 Å². The zero-order chi connectivity index (χ0) is 11.3. The average molecular weight is 225 g/mol. The van der Waals surface area contributed by atoms with Crippen molar-refractivity contribution in [3.8, 4) is 17.6 Å². The molecule has 78 valence electrons. The zero-order valence-corrected chi connectivity index (χ0v) is 8.84. The second kappa shape index (κ2) is 5.28. The van der Waals surface area contributed by atoms with E-state index in [0.29, 0.717) is 5.56 Å².